The van der Waals surface area contributed by atoms with Crippen LogP contribution >= 0.6 is 23.4 Å². The molecule has 0 aliphatic carbocycles. The molecule has 0 nitrogen and oxygen atoms in total. The second kappa shape index (κ2) is 8.03. The van der Waals surface area contributed by atoms with Gasteiger partial charge in [0, 0.05) is 10.8 Å². The molecule has 0 spiro atoms. The third-order valence-electron chi connectivity index (χ3n) is 2.62. The van der Waals surface area contributed by atoms with Gasteiger partial charge in [-0.25, -0.2) is 0 Å². The number of halogens is 1. The molecule has 0 bridgehead atoms. The van der Waals surface area contributed by atoms with Crippen molar-refractivity contribution >= 4 is 23.4 Å². The van der Waals surface area contributed by atoms with Crippen LogP contribution in [0.3, 0.4) is 0 Å². The number of alkyl halides is 1. The lowest BCUT2D eigenvalue weighted by atomic mass is 10.2. The lowest BCUT2D eigenvalue weighted by Crippen LogP contribution is -1.86. The second-order valence-electron chi connectivity index (χ2n) is 4.22. The summed E-state index contributed by atoms with van der Waals surface area (Å²) in [5.74, 6) is 2.04. The van der Waals surface area contributed by atoms with E-state index in [4.69, 9.17) is 11.6 Å². The van der Waals surface area contributed by atoms with Crippen molar-refractivity contribution in [1.82, 2.24) is 0 Å². The molecule has 1 aromatic carbocycles. The minimum absolute atomic E-state index is 0.810. The fourth-order valence-electron chi connectivity index (χ4n) is 1.69. The molecule has 90 valence electrons. The molecule has 16 heavy (non-hydrogen) atoms. The van der Waals surface area contributed by atoms with Gasteiger partial charge < -0.3 is 0 Å². The van der Waals surface area contributed by atoms with Crippen molar-refractivity contribution in [2.45, 2.75) is 44.4 Å². The number of hydrogen-bond donors (Lipinski definition) is 0. The summed E-state index contributed by atoms with van der Waals surface area (Å²) in [6, 6.07) is 6.70. The first-order chi connectivity index (χ1) is 7.74. The predicted molar refractivity (Wildman–Crippen MR) is 75.8 cm³/mol. The molecule has 0 N–H and O–H groups in total. The number of thioether (sulfide) groups is 1. The van der Waals surface area contributed by atoms with E-state index in [2.05, 4.69) is 32.0 Å². The van der Waals surface area contributed by atoms with Crippen LogP contribution in [0.15, 0.2) is 23.1 Å². The van der Waals surface area contributed by atoms with Gasteiger partial charge in [0.15, 0.2) is 0 Å². The molecule has 0 aliphatic heterocycles. The molecule has 0 atom stereocenters. The molecule has 0 unspecified atom stereocenters. The second-order valence-corrected chi connectivity index (χ2v) is 5.74. The van der Waals surface area contributed by atoms with Gasteiger partial charge in [-0.1, -0.05) is 30.5 Å². The normalized spacial score (nSPS) is 10.7. The zero-order chi connectivity index (χ0) is 11.8. The van der Waals surface area contributed by atoms with E-state index >= 15 is 0 Å². The maximum Gasteiger partial charge on any atom is 0.0223 e. The summed E-state index contributed by atoms with van der Waals surface area (Å²) in [7, 11) is 0. The van der Waals surface area contributed by atoms with Crippen molar-refractivity contribution in [1.29, 1.82) is 0 Å². The Morgan fingerprint density at radius 3 is 2.50 bits per heavy atom. The van der Waals surface area contributed by atoms with Crippen LogP contribution < -0.4 is 0 Å². The van der Waals surface area contributed by atoms with Crippen LogP contribution in [0.5, 0.6) is 0 Å². The Balaban J connectivity index is 2.21. The molecule has 0 saturated carbocycles. The van der Waals surface area contributed by atoms with Crippen molar-refractivity contribution < 1.29 is 0 Å². The largest absolute Gasteiger partial charge is 0.127 e. The molecule has 1 aromatic rings. The van der Waals surface area contributed by atoms with Crippen LogP contribution in [-0.4, -0.2) is 11.6 Å². The molecule has 1 rings (SSSR count). The van der Waals surface area contributed by atoms with E-state index in [9.17, 15) is 0 Å². The SMILES string of the molecule is Cc1ccc(SCCCCCCCl)c(C)c1. The average Bonchev–Trinajstić information content (AvgIpc) is 2.26. The highest BCUT2D eigenvalue weighted by atomic mass is 35.5. The molecule has 0 radical (unpaired) electrons. The van der Waals surface area contributed by atoms with Gasteiger partial charge in [-0.05, 0) is 44.1 Å². The maximum atomic E-state index is 5.64. The Labute approximate surface area is 109 Å². The van der Waals surface area contributed by atoms with Crippen molar-refractivity contribution in [2.75, 3.05) is 11.6 Å². The fraction of sp³-hybridized carbons (Fsp3) is 0.571. The summed E-state index contributed by atoms with van der Waals surface area (Å²) < 4.78 is 0. The lowest BCUT2D eigenvalue weighted by molar-refractivity contribution is 0.709. The van der Waals surface area contributed by atoms with Crippen LogP contribution in [0.25, 0.3) is 0 Å². The molecule has 0 heterocycles. The highest BCUT2D eigenvalue weighted by Gasteiger charge is 1.99. The van der Waals surface area contributed by atoms with E-state index in [1.165, 1.54) is 41.0 Å². The molecule has 0 aromatic heterocycles. The van der Waals surface area contributed by atoms with Gasteiger partial charge in [0.1, 0.15) is 0 Å². The summed E-state index contributed by atoms with van der Waals surface area (Å²) in [5, 5.41) is 0. The first kappa shape index (κ1) is 13.9. The fourth-order valence-corrected chi connectivity index (χ4v) is 2.90. The minimum Gasteiger partial charge on any atom is -0.127 e. The summed E-state index contributed by atoms with van der Waals surface area (Å²) in [5.41, 5.74) is 2.76. The minimum atomic E-state index is 0.810. The summed E-state index contributed by atoms with van der Waals surface area (Å²) >= 11 is 7.62. The van der Waals surface area contributed by atoms with E-state index in [-0.39, 0.29) is 0 Å². The molecule has 2 heteroatoms. The molecule has 0 amide bonds. The molecule has 0 saturated heterocycles. The number of hydrogen-bond acceptors (Lipinski definition) is 1. The van der Waals surface area contributed by atoms with Crippen molar-refractivity contribution in [3.63, 3.8) is 0 Å². The smallest absolute Gasteiger partial charge is 0.0223 e. The van der Waals surface area contributed by atoms with E-state index in [0.29, 0.717) is 0 Å². The van der Waals surface area contributed by atoms with E-state index in [0.717, 1.165) is 12.3 Å². The molecule has 0 fully saturated rings. The number of rotatable bonds is 7. The average molecular weight is 257 g/mol. The van der Waals surface area contributed by atoms with Gasteiger partial charge in [-0.2, -0.15) is 0 Å². The van der Waals surface area contributed by atoms with Crippen LogP contribution in [0.4, 0.5) is 0 Å². The Kier molecular flexibility index (Phi) is 6.98. The van der Waals surface area contributed by atoms with Gasteiger partial charge >= 0.3 is 0 Å². The van der Waals surface area contributed by atoms with Gasteiger partial charge in [-0.15, -0.1) is 23.4 Å². The lowest BCUT2D eigenvalue weighted by Gasteiger charge is -2.06. The maximum absolute atomic E-state index is 5.64. The number of benzene rings is 1. The van der Waals surface area contributed by atoms with E-state index in [1.807, 2.05) is 11.8 Å². The zero-order valence-corrected chi connectivity index (χ0v) is 11.8. The Morgan fingerprint density at radius 1 is 1.06 bits per heavy atom. The van der Waals surface area contributed by atoms with Crippen LogP contribution in [0.1, 0.15) is 36.8 Å². The molecular weight excluding hydrogens is 236 g/mol. The number of unbranched alkanes of at least 4 members (excludes halogenated alkanes) is 3. The number of aryl methyl sites for hydroxylation is 2. The highest BCUT2D eigenvalue weighted by molar-refractivity contribution is 7.99. The van der Waals surface area contributed by atoms with Gasteiger partial charge in [0.2, 0.25) is 0 Å². The first-order valence-electron chi connectivity index (χ1n) is 6.00. The standard InChI is InChI=1S/C14H21ClS/c1-12-7-8-14(13(2)11-12)16-10-6-4-3-5-9-15/h7-8,11H,3-6,9-10H2,1-2H3. The Hall–Kier alpha value is -0.140. The van der Waals surface area contributed by atoms with E-state index < -0.39 is 0 Å². The predicted octanol–water partition coefficient (Wildman–Crippen LogP) is 5.19. The Bertz CT molecular complexity index is 310. The summed E-state index contributed by atoms with van der Waals surface area (Å²) in [4.78, 5) is 1.43. The highest BCUT2D eigenvalue weighted by Crippen LogP contribution is 2.24. The molecule has 0 aliphatic rings. The summed E-state index contributed by atoms with van der Waals surface area (Å²) in [6.07, 6.45) is 5.05. The van der Waals surface area contributed by atoms with Crippen molar-refractivity contribution in [3.8, 4) is 0 Å². The van der Waals surface area contributed by atoms with Gasteiger partial charge in [0.25, 0.3) is 0 Å². The molecular formula is C14H21ClS. The zero-order valence-electron chi connectivity index (χ0n) is 10.3. The quantitative estimate of drug-likeness (QED) is 0.367. The topological polar surface area (TPSA) is 0 Å². The van der Waals surface area contributed by atoms with Crippen molar-refractivity contribution in [3.05, 3.63) is 29.3 Å². The van der Waals surface area contributed by atoms with Crippen LogP contribution in [-0.2, 0) is 0 Å². The summed E-state index contributed by atoms with van der Waals surface area (Å²) in [6.45, 7) is 4.34. The monoisotopic (exact) mass is 256 g/mol. The van der Waals surface area contributed by atoms with Crippen molar-refractivity contribution in [2.24, 2.45) is 0 Å². The first-order valence-corrected chi connectivity index (χ1v) is 7.52. The van der Waals surface area contributed by atoms with Crippen LogP contribution in [0, 0.1) is 13.8 Å². The Morgan fingerprint density at radius 2 is 1.81 bits per heavy atom. The van der Waals surface area contributed by atoms with E-state index in [1.54, 1.807) is 0 Å². The third-order valence-corrected chi connectivity index (χ3v) is 4.15. The van der Waals surface area contributed by atoms with Gasteiger partial charge in [-0.3, -0.25) is 0 Å². The third kappa shape index (κ3) is 5.27. The van der Waals surface area contributed by atoms with Gasteiger partial charge in [0.05, 0.1) is 0 Å². The van der Waals surface area contributed by atoms with Crippen LogP contribution in [0.2, 0.25) is 0 Å².